The lowest BCUT2D eigenvalue weighted by Crippen LogP contribution is -2.05. The van der Waals surface area contributed by atoms with Crippen LogP contribution in [-0.4, -0.2) is 19.5 Å². The molecular weight excluding hydrogens is 738 g/mol. The molecule has 0 spiro atoms. The number of fused-ring (bicyclic) bond motifs is 3. The van der Waals surface area contributed by atoms with E-state index >= 15 is 0 Å². The van der Waals surface area contributed by atoms with Crippen molar-refractivity contribution in [3.8, 4) is 73.2 Å². The Morgan fingerprint density at radius 3 is 1.29 bits per heavy atom. The average molecular weight is 771 g/mol. The molecule has 59 heavy (non-hydrogen) atoms. The van der Waals surface area contributed by atoms with Crippen LogP contribution in [0.1, 0.15) is 5.56 Å². The fraction of sp³-hybridized carbons (Fsp3) is 0.0192. The Morgan fingerprint density at radius 2 is 0.797 bits per heavy atom. The highest BCUT2D eigenvalue weighted by molar-refractivity contribution is 6.11. The van der Waals surface area contributed by atoms with Gasteiger partial charge in [0.25, 0.3) is 0 Å². The zero-order valence-corrected chi connectivity index (χ0v) is 31.5. The van der Waals surface area contributed by atoms with Gasteiger partial charge in [-0.05, 0) is 69.8 Å². The Hall–Kier alpha value is -7.64. The fourth-order valence-electron chi connectivity index (χ4n) is 7.82. The molecule has 0 unspecified atom stereocenters. The molecule has 2 heterocycles. The van der Waals surface area contributed by atoms with Gasteiger partial charge in [-0.2, -0.15) is 13.2 Å². The van der Waals surface area contributed by atoms with Crippen molar-refractivity contribution >= 4 is 21.8 Å². The van der Waals surface area contributed by atoms with Crippen LogP contribution < -0.4 is 0 Å². The predicted octanol–water partition coefficient (Wildman–Crippen LogP) is 14.0. The van der Waals surface area contributed by atoms with Crippen molar-refractivity contribution in [3.63, 3.8) is 0 Å². The largest absolute Gasteiger partial charge is 0.416 e. The smallest absolute Gasteiger partial charge is 0.309 e. The van der Waals surface area contributed by atoms with Gasteiger partial charge in [-0.15, -0.1) is 0 Å². The van der Waals surface area contributed by atoms with E-state index in [0.717, 1.165) is 66.9 Å². The number of rotatable bonds is 7. The summed E-state index contributed by atoms with van der Waals surface area (Å²) in [5.41, 5.74) is 9.40. The Balaban J connectivity index is 1.28. The van der Waals surface area contributed by atoms with Gasteiger partial charge in [0.1, 0.15) is 0 Å². The van der Waals surface area contributed by atoms with Crippen LogP contribution >= 0.6 is 0 Å². The first-order chi connectivity index (χ1) is 28.9. The molecule has 8 aromatic carbocycles. The SMILES string of the molecule is FC(F)(F)c1cccc(-c2ccc(-n3c4cc(-c5ccccc5)ccc4c4ccc(-c5ccccc5)cc43)cc2-c2nc(-c3ccccc3)nc(-c3ccccc3)n2)c1. The second-order valence-electron chi connectivity index (χ2n) is 14.4. The van der Waals surface area contributed by atoms with Gasteiger partial charge in [-0.3, -0.25) is 0 Å². The summed E-state index contributed by atoms with van der Waals surface area (Å²) in [4.78, 5) is 15.0. The van der Waals surface area contributed by atoms with E-state index in [9.17, 15) is 13.2 Å². The Bertz CT molecular complexity index is 2970. The quantitative estimate of drug-likeness (QED) is 0.162. The lowest BCUT2D eigenvalue weighted by molar-refractivity contribution is -0.137. The van der Waals surface area contributed by atoms with Crippen molar-refractivity contribution in [2.75, 3.05) is 0 Å². The lowest BCUT2D eigenvalue weighted by atomic mass is 9.96. The number of hydrogen-bond donors (Lipinski definition) is 0. The highest BCUT2D eigenvalue weighted by Gasteiger charge is 2.31. The molecule has 7 heteroatoms. The number of halogens is 3. The molecule has 282 valence electrons. The first-order valence-electron chi connectivity index (χ1n) is 19.3. The van der Waals surface area contributed by atoms with Gasteiger partial charge in [0.05, 0.1) is 16.6 Å². The van der Waals surface area contributed by atoms with E-state index in [-0.39, 0.29) is 0 Å². The second-order valence-corrected chi connectivity index (χ2v) is 14.4. The van der Waals surface area contributed by atoms with Crippen LogP contribution in [-0.2, 0) is 6.18 Å². The van der Waals surface area contributed by atoms with Crippen molar-refractivity contribution in [1.29, 1.82) is 0 Å². The highest BCUT2D eigenvalue weighted by Crippen LogP contribution is 2.41. The summed E-state index contributed by atoms with van der Waals surface area (Å²) in [6, 6.07) is 64.1. The Kier molecular flexibility index (Phi) is 8.91. The van der Waals surface area contributed by atoms with Crippen LogP contribution in [0.2, 0.25) is 0 Å². The minimum atomic E-state index is -4.53. The number of nitrogens with zero attached hydrogens (tertiary/aromatic N) is 4. The normalized spacial score (nSPS) is 11.6. The monoisotopic (exact) mass is 770 g/mol. The van der Waals surface area contributed by atoms with E-state index in [4.69, 9.17) is 15.0 Å². The van der Waals surface area contributed by atoms with Crippen molar-refractivity contribution in [3.05, 3.63) is 206 Å². The average Bonchev–Trinajstić information content (AvgIpc) is 3.62. The summed E-state index contributed by atoms with van der Waals surface area (Å²) in [6.45, 7) is 0. The molecule has 0 N–H and O–H groups in total. The van der Waals surface area contributed by atoms with Crippen molar-refractivity contribution in [1.82, 2.24) is 19.5 Å². The maximum atomic E-state index is 14.2. The molecular formula is C52H33F3N4. The molecule has 0 radical (unpaired) electrons. The predicted molar refractivity (Wildman–Crippen MR) is 232 cm³/mol. The van der Waals surface area contributed by atoms with Crippen LogP contribution in [0.4, 0.5) is 13.2 Å². The van der Waals surface area contributed by atoms with Crippen LogP contribution in [0.5, 0.6) is 0 Å². The molecule has 0 fully saturated rings. The molecule has 0 bridgehead atoms. The van der Waals surface area contributed by atoms with E-state index in [1.165, 1.54) is 12.1 Å². The zero-order chi connectivity index (χ0) is 39.9. The molecule has 0 saturated carbocycles. The van der Waals surface area contributed by atoms with Gasteiger partial charge < -0.3 is 4.57 Å². The Morgan fingerprint density at radius 1 is 0.339 bits per heavy atom. The summed E-state index contributed by atoms with van der Waals surface area (Å²) in [5, 5.41) is 2.14. The Labute approximate surface area is 338 Å². The summed E-state index contributed by atoms with van der Waals surface area (Å²) in [7, 11) is 0. The van der Waals surface area contributed by atoms with Crippen LogP contribution in [0, 0.1) is 0 Å². The number of benzene rings is 8. The molecule has 10 aromatic rings. The number of alkyl halides is 3. The molecule has 2 aromatic heterocycles. The van der Waals surface area contributed by atoms with Crippen LogP contribution in [0.25, 0.3) is 95.0 Å². The molecule has 0 aliphatic rings. The zero-order valence-electron chi connectivity index (χ0n) is 31.5. The second kappa shape index (κ2) is 14.7. The van der Waals surface area contributed by atoms with Gasteiger partial charge in [-0.25, -0.2) is 15.0 Å². The van der Waals surface area contributed by atoms with E-state index in [0.29, 0.717) is 34.2 Å². The molecule has 10 rings (SSSR count). The molecule has 0 saturated heterocycles. The number of aromatic nitrogens is 4. The summed E-state index contributed by atoms with van der Waals surface area (Å²) >= 11 is 0. The first kappa shape index (κ1) is 35.8. The van der Waals surface area contributed by atoms with Crippen LogP contribution in [0.3, 0.4) is 0 Å². The minimum Gasteiger partial charge on any atom is -0.309 e. The van der Waals surface area contributed by atoms with Crippen LogP contribution in [0.15, 0.2) is 200 Å². The van der Waals surface area contributed by atoms with Gasteiger partial charge in [0, 0.05) is 33.2 Å². The van der Waals surface area contributed by atoms with Gasteiger partial charge in [0.15, 0.2) is 17.5 Å². The lowest BCUT2D eigenvalue weighted by Gasteiger charge is -2.17. The summed E-state index contributed by atoms with van der Waals surface area (Å²) in [6.07, 6.45) is -4.53. The highest BCUT2D eigenvalue weighted by atomic mass is 19.4. The third kappa shape index (κ3) is 6.83. The standard InChI is InChI=1S/C52H33F3N4/c53-52(54,55)41-23-13-22-40(30-41)43-29-26-42(33-46(43)51-57-49(36-18-9-3-10-19-36)56-50(58-51)37-20-11-4-12-21-37)59-47-31-38(34-14-5-1-6-15-34)24-27-44(47)45-28-25-39(32-48(45)59)35-16-7-2-8-17-35/h1-33H. The molecule has 0 atom stereocenters. The van der Waals surface area contributed by atoms with Crippen molar-refractivity contribution in [2.45, 2.75) is 6.18 Å². The summed E-state index contributed by atoms with van der Waals surface area (Å²) < 4.78 is 44.9. The molecule has 0 amide bonds. The van der Waals surface area contributed by atoms with Crippen molar-refractivity contribution < 1.29 is 13.2 Å². The maximum Gasteiger partial charge on any atom is 0.416 e. The summed E-state index contributed by atoms with van der Waals surface area (Å²) in [5.74, 6) is 1.24. The third-order valence-electron chi connectivity index (χ3n) is 10.7. The molecule has 4 nitrogen and oxygen atoms in total. The van der Waals surface area contributed by atoms with E-state index in [1.54, 1.807) is 6.07 Å². The third-order valence-corrected chi connectivity index (χ3v) is 10.7. The fourth-order valence-corrected chi connectivity index (χ4v) is 7.82. The van der Waals surface area contributed by atoms with E-state index in [2.05, 4.69) is 65.2 Å². The first-order valence-corrected chi connectivity index (χ1v) is 19.3. The van der Waals surface area contributed by atoms with E-state index in [1.807, 2.05) is 115 Å². The van der Waals surface area contributed by atoms with Gasteiger partial charge in [-0.1, -0.05) is 164 Å². The van der Waals surface area contributed by atoms with Crippen molar-refractivity contribution in [2.24, 2.45) is 0 Å². The van der Waals surface area contributed by atoms with E-state index < -0.39 is 11.7 Å². The minimum absolute atomic E-state index is 0.336. The molecule has 0 aliphatic carbocycles. The maximum absolute atomic E-state index is 14.2. The van der Waals surface area contributed by atoms with Gasteiger partial charge in [0.2, 0.25) is 0 Å². The number of hydrogen-bond acceptors (Lipinski definition) is 3. The topological polar surface area (TPSA) is 43.6 Å². The van der Waals surface area contributed by atoms with Gasteiger partial charge >= 0.3 is 6.18 Å². The molecule has 0 aliphatic heterocycles.